The Morgan fingerprint density at radius 3 is 2.95 bits per heavy atom. The predicted molar refractivity (Wildman–Crippen MR) is 86.1 cm³/mol. The van der Waals surface area contributed by atoms with Gasteiger partial charge in [0.25, 0.3) is 0 Å². The first-order valence-electron chi connectivity index (χ1n) is 7.89. The van der Waals surface area contributed by atoms with Gasteiger partial charge in [0.1, 0.15) is 0 Å². The van der Waals surface area contributed by atoms with Crippen molar-refractivity contribution in [3.05, 3.63) is 48.3 Å². The van der Waals surface area contributed by atoms with Crippen LogP contribution in [0.1, 0.15) is 31.9 Å². The van der Waals surface area contributed by atoms with Crippen LogP contribution in [0.2, 0.25) is 0 Å². The van der Waals surface area contributed by atoms with Gasteiger partial charge in [-0.1, -0.05) is 24.3 Å². The van der Waals surface area contributed by atoms with Crippen molar-refractivity contribution in [2.75, 3.05) is 19.7 Å². The number of ether oxygens (including phenoxy) is 1. The van der Waals surface area contributed by atoms with Crippen molar-refractivity contribution in [2.24, 2.45) is 0 Å². The Morgan fingerprint density at radius 2 is 2.32 bits per heavy atom. The van der Waals surface area contributed by atoms with Gasteiger partial charge in [0.15, 0.2) is 0 Å². The van der Waals surface area contributed by atoms with Crippen molar-refractivity contribution < 1.29 is 9.53 Å². The summed E-state index contributed by atoms with van der Waals surface area (Å²) in [4.78, 5) is 17.8. The number of allylic oxidation sites excluding steroid dienone is 2. The molecular formula is C18H22N2O2. The van der Waals surface area contributed by atoms with Crippen molar-refractivity contribution in [1.29, 1.82) is 0 Å². The van der Waals surface area contributed by atoms with Gasteiger partial charge in [-0.05, 0) is 37.5 Å². The van der Waals surface area contributed by atoms with Crippen LogP contribution in [0, 0.1) is 0 Å². The van der Waals surface area contributed by atoms with E-state index in [2.05, 4.69) is 30.1 Å². The topological polar surface area (TPSA) is 42.4 Å². The van der Waals surface area contributed by atoms with Gasteiger partial charge in [-0.25, -0.2) is 0 Å². The summed E-state index contributed by atoms with van der Waals surface area (Å²) < 4.78 is 6.02. The molecule has 1 aliphatic carbocycles. The molecule has 1 amide bonds. The number of likely N-dealkylation sites (tertiary alicyclic amines) is 1. The zero-order valence-corrected chi connectivity index (χ0v) is 13.0. The SMILES string of the molecule is CC1(OCCN2CCCC2=O)C=CC(c2ccccn2)=CC1. The molecule has 1 atom stereocenters. The van der Waals surface area contributed by atoms with Crippen molar-refractivity contribution in [2.45, 2.75) is 31.8 Å². The molecule has 1 fully saturated rings. The fraction of sp³-hybridized carbons (Fsp3) is 0.444. The Kier molecular flexibility index (Phi) is 4.39. The molecule has 2 aliphatic rings. The van der Waals surface area contributed by atoms with Crippen LogP contribution in [0.3, 0.4) is 0 Å². The predicted octanol–water partition coefficient (Wildman–Crippen LogP) is 2.82. The minimum absolute atomic E-state index is 0.255. The van der Waals surface area contributed by atoms with Gasteiger partial charge in [0, 0.05) is 25.7 Å². The normalized spacial score (nSPS) is 24.7. The summed E-state index contributed by atoms with van der Waals surface area (Å²) in [7, 11) is 0. The second-order valence-corrected chi connectivity index (χ2v) is 6.06. The Balaban J connectivity index is 1.52. The molecule has 0 bridgehead atoms. The summed E-state index contributed by atoms with van der Waals surface area (Å²) in [5.41, 5.74) is 1.83. The van der Waals surface area contributed by atoms with E-state index in [0.29, 0.717) is 19.6 Å². The zero-order chi connectivity index (χ0) is 15.4. The van der Waals surface area contributed by atoms with E-state index in [1.165, 1.54) is 0 Å². The van der Waals surface area contributed by atoms with Gasteiger partial charge < -0.3 is 9.64 Å². The lowest BCUT2D eigenvalue weighted by Crippen LogP contribution is -2.34. The number of pyridine rings is 1. The average molecular weight is 298 g/mol. The average Bonchev–Trinajstić information content (AvgIpc) is 2.94. The van der Waals surface area contributed by atoms with Crippen LogP contribution in [0.5, 0.6) is 0 Å². The number of carbonyl (C=O) groups excluding carboxylic acids is 1. The molecule has 2 heterocycles. The highest BCUT2D eigenvalue weighted by Gasteiger charge is 2.25. The summed E-state index contributed by atoms with van der Waals surface area (Å²) in [5.74, 6) is 0.255. The maximum absolute atomic E-state index is 11.6. The molecule has 3 rings (SSSR count). The highest BCUT2D eigenvalue weighted by Crippen LogP contribution is 2.28. The van der Waals surface area contributed by atoms with E-state index in [4.69, 9.17) is 4.74 Å². The minimum Gasteiger partial charge on any atom is -0.369 e. The molecule has 1 saturated heterocycles. The fourth-order valence-corrected chi connectivity index (χ4v) is 2.87. The molecule has 22 heavy (non-hydrogen) atoms. The molecule has 0 saturated carbocycles. The summed E-state index contributed by atoms with van der Waals surface area (Å²) in [6.07, 6.45) is 10.6. The number of rotatable bonds is 5. The molecular weight excluding hydrogens is 276 g/mol. The van der Waals surface area contributed by atoms with Crippen molar-refractivity contribution >= 4 is 11.5 Å². The van der Waals surface area contributed by atoms with E-state index in [1.54, 1.807) is 6.20 Å². The molecule has 4 nitrogen and oxygen atoms in total. The smallest absolute Gasteiger partial charge is 0.222 e. The standard InChI is InChI=1S/C18H22N2O2/c1-18(22-14-13-20-12-4-6-17(20)21)9-7-15(8-10-18)16-5-2-3-11-19-16/h2-3,5,7-9,11H,4,6,10,12-14H2,1H3. The van der Waals surface area contributed by atoms with E-state index >= 15 is 0 Å². The summed E-state index contributed by atoms with van der Waals surface area (Å²) in [6.45, 7) is 4.23. The van der Waals surface area contributed by atoms with Crippen LogP contribution < -0.4 is 0 Å². The Labute approximate surface area is 131 Å². The van der Waals surface area contributed by atoms with E-state index < -0.39 is 0 Å². The third kappa shape index (κ3) is 3.45. The summed E-state index contributed by atoms with van der Waals surface area (Å²) >= 11 is 0. The maximum Gasteiger partial charge on any atom is 0.222 e. The number of hydrogen-bond acceptors (Lipinski definition) is 3. The van der Waals surface area contributed by atoms with Crippen molar-refractivity contribution in [1.82, 2.24) is 9.88 Å². The minimum atomic E-state index is -0.291. The zero-order valence-electron chi connectivity index (χ0n) is 13.0. The Bertz CT molecular complexity index is 594. The number of hydrogen-bond donors (Lipinski definition) is 0. The van der Waals surface area contributed by atoms with Crippen molar-refractivity contribution in [3.63, 3.8) is 0 Å². The highest BCUT2D eigenvalue weighted by atomic mass is 16.5. The third-order valence-corrected chi connectivity index (χ3v) is 4.27. The van der Waals surface area contributed by atoms with Gasteiger partial charge in [-0.3, -0.25) is 9.78 Å². The lowest BCUT2D eigenvalue weighted by Gasteiger charge is -2.29. The van der Waals surface area contributed by atoms with Crippen LogP contribution in [0.4, 0.5) is 0 Å². The molecule has 116 valence electrons. The van der Waals surface area contributed by atoms with Gasteiger partial charge in [0.2, 0.25) is 5.91 Å². The van der Waals surface area contributed by atoms with Crippen LogP contribution in [0.25, 0.3) is 5.57 Å². The summed E-state index contributed by atoms with van der Waals surface area (Å²) in [6, 6.07) is 5.93. The molecule has 1 aromatic rings. The molecule has 0 radical (unpaired) electrons. The maximum atomic E-state index is 11.6. The quantitative estimate of drug-likeness (QED) is 0.839. The first kappa shape index (κ1) is 15.0. The van der Waals surface area contributed by atoms with Gasteiger partial charge in [-0.2, -0.15) is 0 Å². The monoisotopic (exact) mass is 298 g/mol. The second kappa shape index (κ2) is 6.44. The van der Waals surface area contributed by atoms with Crippen molar-refractivity contribution in [3.8, 4) is 0 Å². The first-order valence-corrected chi connectivity index (χ1v) is 7.89. The van der Waals surface area contributed by atoms with E-state index in [0.717, 1.165) is 30.7 Å². The molecule has 1 aromatic heterocycles. The number of aromatic nitrogens is 1. The van der Waals surface area contributed by atoms with Gasteiger partial charge in [-0.15, -0.1) is 0 Å². The van der Waals surface area contributed by atoms with Crippen LogP contribution in [-0.4, -0.2) is 41.1 Å². The Hall–Kier alpha value is -1.94. The number of nitrogens with zero attached hydrogens (tertiary/aromatic N) is 2. The number of amides is 1. The molecule has 1 unspecified atom stereocenters. The van der Waals surface area contributed by atoms with Crippen LogP contribution in [0.15, 0.2) is 42.6 Å². The molecule has 0 N–H and O–H groups in total. The van der Waals surface area contributed by atoms with Gasteiger partial charge >= 0.3 is 0 Å². The molecule has 0 spiro atoms. The van der Waals surface area contributed by atoms with E-state index in [1.807, 2.05) is 23.1 Å². The van der Waals surface area contributed by atoms with Crippen LogP contribution in [-0.2, 0) is 9.53 Å². The molecule has 4 heteroatoms. The van der Waals surface area contributed by atoms with E-state index in [-0.39, 0.29) is 11.5 Å². The van der Waals surface area contributed by atoms with E-state index in [9.17, 15) is 4.79 Å². The lowest BCUT2D eigenvalue weighted by molar-refractivity contribution is -0.129. The number of carbonyl (C=O) groups is 1. The second-order valence-electron chi connectivity index (χ2n) is 6.06. The Morgan fingerprint density at radius 1 is 1.41 bits per heavy atom. The molecule has 0 aromatic carbocycles. The highest BCUT2D eigenvalue weighted by molar-refractivity contribution is 5.78. The van der Waals surface area contributed by atoms with Crippen LogP contribution >= 0.6 is 0 Å². The summed E-state index contributed by atoms with van der Waals surface area (Å²) in [5, 5.41) is 0. The largest absolute Gasteiger partial charge is 0.369 e. The molecule has 1 aliphatic heterocycles. The fourth-order valence-electron chi connectivity index (χ4n) is 2.87. The first-order chi connectivity index (χ1) is 10.7. The van der Waals surface area contributed by atoms with Gasteiger partial charge in [0.05, 0.1) is 17.9 Å². The third-order valence-electron chi connectivity index (χ3n) is 4.27. The lowest BCUT2D eigenvalue weighted by atomic mass is 9.92.